The van der Waals surface area contributed by atoms with E-state index in [2.05, 4.69) is 14.9 Å². The molecule has 0 spiro atoms. The number of nitrogens with zero attached hydrogens (tertiary/aromatic N) is 1. The van der Waals surface area contributed by atoms with Crippen molar-refractivity contribution in [1.82, 2.24) is 10.2 Å². The standard InChI is InChI=1S/C11H16N4O2S2/c1-7-11(8(2)14-13-7)15-19(16,17)10-4-3-9(18-10)5-6-12/h3-4,15H,5-6,12H2,1-2H3,(H,13,14). The molecule has 2 heterocycles. The summed E-state index contributed by atoms with van der Waals surface area (Å²) in [7, 11) is -3.56. The topological polar surface area (TPSA) is 101 Å². The molecular weight excluding hydrogens is 284 g/mol. The second kappa shape index (κ2) is 5.32. The van der Waals surface area contributed by atoms with Gasteiger partial charge in [-0.15, -0.1) is 11.3 Å². The van der Waals surface area contributed by atoms with Crippen LogP contribution < -0.4 is 10.5 Å². The van der Waals surface area contributed by atoms with E-state index in [1.54, 1.807) is 26.0 Å². The molecule has 19 heavy (non-hydrogen) atoms. The van der Waals surface area contributed by atoms with Crippen molar-refractivity contribution in [2.45, 2.75) is 24.5 Å². The van der Waals surface area contributed by atoms with Crippen molar-refractivity contribution in [3.05, 3.63) is 28.4 Å². The highest BCUT2D eigenvalue weighted by atomic mass is 32.2. The van der Waals surface area contributed by atoms with Gasteiger partial charge < -0.3 is 5.73 Å². The molecule has 0 aliphatic heterocycles. The number of nitrogens with one attached hydrogen (secondary N) is 2. The summed E-state index contributed by atoms with van der Waals surface area (Å²) in [5, 5.41) is 6.71. The van der Waals surface area contributed by atoms with Gasteiger partial charge in [0.2, 0.25) is 0 Å². The zero-order valence-electron chi connectivity index (χ0n) is 10.7. The number of aryl methyl sites for hydroxylation is 2. The summed E-state index contributed by atoms with van der Waals surface area (Å²) in [5.41, 5.74) is 7.28. The Morgan fingerprint density at radius 2 is 2.16 bits per heavy atom. The Balaban J connectivity index is 2.27. The normalized spacial score (nSPS) is 11.7. The number of nitrogens with two attached hydrogens (primary N) is 1. The summed E-state index contributed by atoms with van der Waals surface area (Å²) in [4.78, 5) is 0.962. The van der Waals surface area contributed by atoms with E-state index in [4.69, 9.17) is 5.73 Å². The van der Waals surface area contributed by atoms with Crippen LogP contribution in [0.1, 0.15) is 16.3 Å². The molecule has 0 saturated carbocycles. The average Bonchev–Trinajstić information content (AvgIpc) is 2.92. The molecule has 0 unspecified atom stereocenters. The molecule has 0 fully saturated rings. The lowest BCUT2D eigenvalue weighted by Gasteiger charge is -2.05. The molecule has 0 amide bonds. The molecule has 6 nitrogen and oxygen atoms in total. The maximum atomic E-state index is 12.2. The Morgan fingerprint density at radius 3 is 2.74 bits per heavy atom. The minimum Gasteiger partial charge on any atom is -0.330 e. The van der Waals surface area contributed by atoms with Gasteiger partial charge in [-0.05, 0) is 38.9 Å². The van der Waals surface area contributed by atoms with Gasteiger partial charge >= 0.3 is 0 Å². The molecule has 0 bridgehead atoms. The molecular formula is C11H16N4O2S2. The third kappa shape index (κ3) is 2.96. The van der Waals surface area contributed by atoms with Gasteiger partial charge in [-0.25, -0.2) is 8.42 Å². The lowest BCUT2D eigenvalue weighted by molar-refractivity contribution is 0.603. The van der Waals surface area contributed by atoms with Gasteiger partial charge in [0.05, 0.1) is 17.1 Å². The molecule has 2 aromatic heterocycles. The summed E-state index contributed by atoms with van der Waals surface area (Å²) in [6.07, 6.45) is 0.684. The van der Waals surface area contributed by atoms with E-state index in [-0.39, 0.29) is 4.21 Å². The average molecular weight is 300 g/mol. The van der Waals surface area contributed by atoms with Gasteiger partial charge in [-0.1, -0.05) is 0 Å². The monoisotopic (exact) mass is 300 g/mol. The van der Waals surface area contributed by atoms with Crippen molar-refractivity contribution < 1.29 is 8.42 Å². The van der Waals surface area contributed by atoms with Crippen LogP contribution in [-0.2, 0) is 16.4 Å². The predicted molar refractivity (Wildman–Crippen MR) is 75.9 cm³/mol. The Kier molecular flexibility index (Phi) is 3.93. The molecule has 2 rings (SSSR count). The van der Waals surface area contributed by atoms with Gasteiger partial charge in [-0.2, -0.15) is 5.10 Å². The van der Waals surface area contributed by atoms with Gasteiger partial charge in [0.25, 0.3) is 10.0 Å². The van der Waals surface area contributed by atoms with E-state index in [1.807, 2.05) is 0 Å². The van der Waals surface area contributed by atoms with Crippen LogP contribution in [0.3, 0.4) is 0 Å². The van der Waals surface area contributed by atoms with E-state index in [9.17, 15) is 8.42 Å². The number of thiophene rings is 1. The van der Waals surface area contributed by atoms with Crippen molar-refractivity contribution in [3.63, 3.8) is 0 Å². The molecule has 0 aromatic carbocycles. The minimum absolute atomic E-state index is 0.288. The van der Waals surface area contributed by atoms with Crippen LogP contribution in [0.15, 0.2) is 16.3 Å². The zero-order chi connectivity index (χ0) is 14.0. The van der Waals surface area contributed by atoms with E-state index in [0.29, 0.717) is 30.0 Å². The number of sulfonamides is 1. The molecule has 0 aliphatic carbocycles. The van der Waals surface area contributed by atoms with E-state index in [0.717, 1.165) is 4.88 Å². The van der Waals surface area contributed by atoms with Gasteiger partial charge in [0.1, 0.15) is 4.21 Å². The van der Waals surface area contributed by atoms with Crippen LogP contribution in [0.2, 0.25) is 0 Å². The van der Waals surface area contributed by atoms with Gasteiger partial charge in [0.15, 0.2) is 0 Å². The number of aromatic nitrogens is 2. The van der Waals surface area contributed by atoms with E-state index < -0.39 is 10.0 Å². The van der Waals surface area contributed by atoms with Gasteiger partial charge in [-0.3, -0.25) is 9.82 Å². The molecule has 0 aliphatic rings. The highest BCUT2D eigenvalue weighted by Gasteiger charge is 2.19. The first-order valence-electron chi connectivity index (χ1n) is 5.77. The lowest BCUT2D eigenvalue weighted by Crippen LogP contribution is -2.12. The van der Waals surface area contributed by atoms with Crippen LogP contribution in [0.25, 0.3) is 0 Å². The largest absolute Gasteiger partial charge is 0.330 e. The first kappa shape index (κ1) is 14.0. The molecule has 0 saturated heterocycles. The lowest BCUT2D eigenvalue weighted by atomic mass is 10.3. The fourth-order valence-corrected chi connectivity index (χ4v) is 4.22. The number of H-pyrrole nitrogens is 1. The Hall–Kier alpha value is -1.38. The van der Waals surface area contributed by atoms with Crippen molar-refractivity contribution in [2.24, 2.45) is 5.73 Å². The highest BCUT2D eigenvalue weighted by Crippen LogP contribution is 2.26. The summed E-state index contributed by atoms with van der Waals surface area (Å²) in [6.45, 7) is 4.02. The Morgan fingerprint density at radius 1 is 1.42 bits per heavy atom. The molecule has 4 N–H and O–H groups in total. The van der Waals surface area contributed by atoms with Crippen LogP contribution >= 0.6 is 11.3 Å². The van der Waals surface area contributed by atoms with Crippen molar-refractivity contribution in [2.75, 3.05) is 11.3 Å². The van der Waals surface area contributed by atoms with Crippen LogP contribution in [0.4, 0.5) is 5.69 Å². The molecule has 0 atom stereocenters. The summed E-state index contributed by atoms with van der Waals surface area (Å²) >= 11 is 1.24. The SMILES string of the molecule is Cc1n[nH]c(C)c1NS(=O)(=O)c1ccc(CCN)s1. The van der Waals surface area contributed by atoms with Crippen molar-refractivity contribution >= 4 is 27.0 Å². The number of hydrogen-bond donors (Lipinski definition) is 3. The molecule has 8 heteroatoms. The highest BCUT2D eigenvalue weighted by molar-refractivity contribution is 7.94. The fraction of sp³-hybridized carbons (Fsp3) is 0.364. The number of hydrogen-bond acceptors (Lipinski definition) is 5. The van der Waals surface area contributed by atoms with Crippen molar-refractivity contribution in [3.8, 4) is 0 Å². The predicted octanol–water partition coefficient (Wildman–Crippen LogP) is 1.39. The van der Waals surface area contributed by atoms with Crippen LogP contribution in [-0.4, -0.2) is 25.2 Å². The first-order chi connectivity index (χ1) is 8.94. The Bertz CT molecular complexity index is 653. The Labute approximate surface area is 116 Å². The quantitative estimate of drug-likeness (QED) is 0.776. The second-order valence-corrected chi connectivity index (χ2v) is 7.25. The smallest absolute Gasteiger partial charge is 0.271 e. The number of anilines is 1. The second-order valence-electron chi connectivity index (χ2n) is 4.17. The molecule has 0 radical (unpaired) electrons. The van der Waals surface area contributed by atoms with Gasteiger partial charge in [0, 0.05) is 4.88 Å². The van der Waals surface area contributed by atoms with Crippen molar-refractivity contribution in [1.29, 1.82) is 0 Å². The fourth-order valence-electron chi connectivity index (χ4n) is 1.67. The minimum atomic E-state index is -3.56. The van der Waals surface area contributed by atoms with E-state index >= 15 is 0 Å². The third-order valence-electron chi connectivity index (χ3n) is 2.66. The molecule has 104 valence electrons. The van der Waals surface area contributed by atoms with E-state index in [1.165, 1.54) is 11.3 Å². The third-order valence-corrected chi connectivity index (χ3v) is 5.64. The summed E-state index contributed by atoms with van der Waals surface area (Å²) < 4.78 is 27.3. The molecule has 2 aromatic rings. The number of rotatable bonds is 5. The maximum Gasteiger partial charge on any atom is 0.271 e. The van der Waals surface area contributed by atoms with Crippen LogP contribution in [0.5, 0.6) is 0 Å². The first-order valence-corrected chi connectivity index (χ1v) is 8.07. The number of aromatic amines is 1. The zero-order valence-corrected chi connectivity index (χ0v) is 12.4. The summed E-state index contributed by atoms with van der Waals surface area (Å²) in [6, 6.07) is 3.39. The van der Waals surface area contributed by atoms with Crippen LogP contribution in [0, 0.1) is 13.8 Å². The maximum absolute atomic E-state index is 12.2. The summed E-state index contributed by atoms with van der Waals surface area (Å²) in [5.74, 6) is 0.